The minimum atomic E-state index is -0.237. The van der Waals surface area contributed by atoms with Crippen molar-refractivity contribution >= 4 is 22.4 Å². The number of aromatic nitrogens is 2. The van der Waals surface area contributed by atoms with Crippen LogP contribution in [-0.2, 0) is 6.54 Å². The number of rotatable bonds is 2. The largest absolute Gasteiger partial charge is 0.373 e. The first-order chi connectivity index (χ1) is 15.1. The SMILES string of the molecule is CN1CCN(C(=O)c2nn(-c3ccccc3)c(=O)c3ccccc23)Cc2ccccc21. The maximum Gasteiger partial charge on any atom is 0.279 e. The maximum absolute atomic E-state index is 13.7. The number of benzene rings is 3. The van der Waals surface area contributed by atoms with Gasteiger partial charge in [0.05, 0.1) is 11.1 Å². The third kappa shape index (κ3) is 3.36. The van der Waals surface area contributed by atoms with Gasteiger partial charge in [0.15, 0.2) is 5.69 Å². The molecule has 5 rings (SSSR count). The standard InChI is InChI=1S/C25H22N4O2/c1-27-15-16-28(17-18-9-5-8-14-22(18)27)25(31)23-20-12-6-7-13-21(20)24(30)29(26-23)19-10-3-2-4-11-19/h2-14H,15-17H2,1H3. The molecule has 1 amide bonds. The van der Waals surface area contributed by atoms with E-state index in [2.05, 4.69) is 16.1 Å². The molecule has 6 heteroatoms. The van der Waals surface area contributed by atoms with Crippen LogP contribution in [-0.4, -0.2) is 40.7 Å². The van der Waals surface area contributed by atoms with Crippen molar-refractivity contribution in [3.05, 3.63) is 100 Å². The van der Waals surface area contributed by atoms with Crippen LogP contribution in [0.4, 0.5) is 5.69 Å². The molecule has 4 aromatic rings. The van der Waals surface area contributed by atoms with Crippen LogP contribution in [0.3, 0.4) is 0 Å². The first-order valence-corrected chi connectivity index (χ1v) is 10.3. The van der Waals surface area contributed by atoms with Crippen molar-refractivity contribution in [3.63, 3.8) is 0 Å². The Morgan fingerprint density at radius 3 is 2.32 bits per heavy atom. The van der Waals surface area contributed by atoms with Crippen LogP contribution in [0, 0.1) is 0 Å². The summed E-state index contributed by atoms with van der Waals surface area (Å²) in [6, 6.07) is 24.5. The highest BCUT2D eigenvalue weighted by atomic mass is 16.2. The lowest BCUT2D eigenvalue weighted by molar-refractivity contribution is 0.0746. The van der Waals surface area contributed by atoms with E-state index in [4.69, 9.17) is 0 Å². The Hall–Kier alpha value is -3.93. The van der Waals surface area contributed by atoms with Gasteiger partial charge in [-0.15, -0.1) is 0 Å². The average Bonchev–Trinajstić information content (AvgIpc) is 2.99. The second-order valence-electron chi connectivity index (χ2n) is 7.72. The summed E-state index contributed by atoms with van der Waals surface area (Å²) < 4.78 is 1.33. The Bertz CT molecular complexity index is 1330. The molecule has 0 N–H and O–H groups in total. The Kier molecular flexibility index (Phi) is 4.75. The molecule has 0 fully saturated rings. The van der Waals surface area contributed by atoms with E-state index in [-0.39, 0.29) is 11.5 Å². The number of carbonyl (C=O) groups excluding carboxylic acids is 1. The molecule has 0 unspecified atom stereocenters. The first-order valence-electron chi connectivity index (χ1n) is 10.3. The zero-order chi connectivity index (χ0) is 21.4. The molecule has 0 bridgehead atoms. The second kappa shape index (κ2) is 7.72. The fourth-order valence-corrected chi connectivity index (χ4v) is 4.11. The number of para-hydroxylation sites is 2. The number of nitrogens with zero attached hydrogens (tertiary/aromatic N) is 4. The molecular formula is C25H22N4O2. The minimum absolute atomic E-state index is 0.175. The van der Waals surface area contributed by atoms with Crippen molar-refractivity contribution < 1.29 is 4.79 Å². The molecule has 2 heterocycles. The zero-order valence-electron chi connectivity index (χ0n) is 17.2. The molecule has 0 atom stereocenters. The number of anilines is 1. The smallest absolute Gasteiger partial charge is 0.279 e. The predicted molar refractivity (Wildman–Crippen MR) is 122 cm³/mol. The number of hydrogen-bond acceptors (Lipinski definition) is 4. The molecule has 0 saturated heterocycles. The maximum atomic E-state index is 13.7. The third-order valence-electron chi connectivity index (χ3n) is 5.76. The number of likely N-dealkylation sites (N-methyl/N-ethyl adjacent to an activating group) is 1. The summed E-state index contributed by atoms with van der Waals surface area (Å²) in [5.74, 6) is -0.175. The minimum Gasteiger partial charge on any atom is -0.373 e. The molecule has 0 saturated carbocycles. The van der Waals surface area contributed by atoms with E-state index in [0.29, 0.717) is 35.2 Å². The quantitative estimate of drug-likeness (QED) is 0.508. The molecule has 1 aliphatic rings. The summed E-state index contributed by atoms with van der Waals surface area (Å²) in [6.45, 7) is 1.79. The van der Waals surface area contributed by atoms with Crippen molar-refractivity contribution in [2.24, 2.45) is 0 Å². The number of carbonyl (C=O) groups is 1. The van der Waals surface area contributed by atoms with Gasteiger partial charge in [0.2, 0.25) is 0 Å². The number of fused-ring (bicyclic) bond motifs is 2. The van der Waals surface area contributed by atoms with Crippen molar-refractivity contribution in [1.82, 2.24) is 14.7 Å². The number of hydrogen-bond donors (Lipinski definition) is 0. The third-order valence-corrected chi connectivity index (χ3v) is 5.76. The number of amides is 1. The van der Waals surface area contributed by atoms with Crippen molar-refractivity contribution in [3.8, 4) is 5.69 Å². The normalized spacial score (nSPS) is 13.7. The summed E-state index contributed by atoms with van der Waals surface area (Å²) in [6.07, 6.45) is 0. The van der Waals surface area contributed by atoms with Crippen LogP contribution < -0.4 is 10.5 Å². The van der Waals surface area contributed by atoms with Gasteiger partial charge in [0.25, 0.3) is 11.5 Å². The van der Waals surface area contributed by atoms with Crippen LogP contribution >= 0.6 is 0 Å². The molecule has 154 valence electrons. The predicted octanol–water partition coefficient (Wildman–Crippen LogP) is 3.48. The van der Waals surface area contributed by atoms with Crippen LogP contribution in [0.2, 0.25) is 0 Å². The van der Waals surface area contributed by atoms with E-state index in [9.17, 15) is 9.59 Å². The highest BCUT2D eigenvalue weighted by molar-refractivity contribution is 6.05. The van der Waals surface area contributed by atoms with Crippen LogP contribution in [0.15, 0.2) is 83.7 Å². The molecule has 1 aliphatic heterocycles. The fraction of sp³-hybridized carbons (Fsp3) is 0.160. The van der Waals surface area contributed by atoms with E-state index in [1.54, 1.807) is 12.1 Å². The fourth-order valence-electron chi connectivity index (χ4n) is 4.11. The van der Waals surface area contributed by atoms with E-state index in [0.717, 1.165) is 17.8 Å². The van der Waals surface area contributed by atoms with Crippen LogP contribution in [0.1, 0.15) is 16.1 Å². The molecule has 0 spiro atoms. The summed E-state index contributed by atoms with van der Waals surface area (Å²) in [5, 5.41) is 5.61. The molecule has 1 aromatic heterocycles. The van der Waals surface area contributed by atoms with Crippen LogP contribution in [0.25, 0.3) is 16.5 Å². The zero-order valence-corrected chi connectivity index (χ0v) is 17.2. The van der Waals surface area contributed by atoms with Crippen molar-refractivity contribution in [2.45, 2.75) is 6.54 Å². The van der Waals surface area contributed by atoms with E-state index in [1.807, 2.05) is 72.6 Å². The Balaban J connectivity index is 1.64. The lowest BCUT2D eigenvalue weighted by Gasteiger charge is -2.21. The van der Waals surface area contributed by atoms with Gasteiger partial charge in [-0.3, -0.25) is 9.59 Å². The van der Waals surface area contributed by atoms with Gasteiger partial charge in [0.1, 0.15) is 0 Å². The topological polar surface area (TPSA) is 58.4 Å². The molecule has 3 aromatic carbocycles. The van der Waals surface area contributed by atoms with Gasteiger partial charge in [-0.05, 0) is 29.8 Å². The molecular weight excluding hydrogens is 388 g/mol. The van der Waals surface area contributed by atoms with Gasteiger partial charge in [-0.25, -0.2) is 0 Å². The highest BCUT2D eigenvalue weighted by Crippen LogP contribution is 2.25. The Morgan fingerprint density at radius 1 is 0.839 bits per heavy atom. The summed E-state index contributed by atoms with van der Waals surface area (Å²) >= 11 is 0. The lowest BCUT2D eigenvalue weighted by Crippen LogP contribution is -2.36. The Morgan fingerprint density at radius 2 is 1.52 bits per heavy atom. The molecule has 0 radical (unpaired) electrons. The van der Waals surface area contributed by atoms with Gasteiger partial charge < -0.3 is 9.80 Å². The van der Waals surface area contributed by atoms with Crippen LogP contribution in [0.5, 0.6) is 0 Å². The molecule has 0 aliphatic carbocycles. The summed E-state index contributed by atoms with van der Waals surface area (Å²) in [5.41, 5.74) is 2.91. The first kappa shape index (κ1) is 19.1. The van der Waals surface area contributed by atoms with Gasteiger partial charge >= 0.3 is 0 Å². The van der Waals surface area contributed by atoms with Crippen molar-refractivity contribution in [1.29, 1.82) is 0 Å². The average molecular weight is 410 g/mol. The highest BCUT2D eigenvalue weighted by Gasteiger charge is 2.26. The van der Waals surface area contributed by atoms with Crippen molar-refractivity contribution in [2.75, 3.05) is 25.0 Å². The van der Waals surface area contributed by atoms with E-state index >= 15 is 0 Å². The van der Waals surface area contributed by atoms with E-state index < -0.39 is 0 Å². The molecule has 6 nitrogen and oxygen atoms in total. The Labute approximate surface area is 180 Å². The van der Waals surface area contributed by atoms with Gasteiger partial charge in [0, 0.05) is 37.8 Å². The van der Waals surface area contributed by atoms with E-state index in [1.165, 1.54) is 4.68 Å². The lowest BCUT2D eigenvalue weighted by atomic mass is 10.1. The monoisotopic (exact) mass is 410 g/mol. The summed E-state index contributed by atoms with van der Waals surface area (Å²) in [4.78, 5) is 30.8. The second-order valence-corrected chi connectivity index (χ2v) is 7.72. The molecule has 31 heavy (non-hydrogen) atoms. The van der Waals surface area contributed by atoms with Gasteiger partial charge in [-0.1, -0.05) is 54.6 Å². The summed E-state index contributed by atoms with van der Waals surface area (Å²) in [7, 11) is 2.04. The van der Waals surface area contributed by atoms with Gasteiger partial charge in [-0.2, -0.15) is 9.78 Å².